The van der Waals surface area contributed by atoms with Crippen LogP contribution in [0.15, 0.2) is 0 Å². The van der Waals surface area contributed by atoms with Gasteiger partial charge >= 0.3 is 5.97 Å². The summed E-state index contributed by atoms with van der Waals surface area (Å²) < 4.78 is 5.15. The van der Waals surface area contributed by atoms with E-state index in [1.54, 1.807) is 4.90 Å². The zero-order chi connectivity index (χ0) is 16.1. The van der Waals surface area contributed by atoms with Gasteiger partial charge in [-0.1, -0.05) is 26.7 Å². The molecule has 0 bridgehead atoms. The maximum atomic E-state index is 12.6. The summed E-state index contributed by atoms with van der Waals surface area (Å²) in [5.74, 6) is -0.381. The number of carbonyl (C=O) groups is 3. The first-order valence-corrected chi connectivity index (χ1v) is 8.23. The van der Waals surface area contributed by atoms with Crippen LogP contribution in [-0.4, -0.2) is 48.4 Å². The minimum atomic E-state index is -0.721. The van der Waals surface area contributed by atoms with E-state index in [2.05, 4.69) is 5.32 Å². The van der Waals surface area contributed by atoms with Gasteiger partial charge in [-0.05, 0) is 18.8 Å². The van der Waals surface area contributed by atoms with Crippen LogP contribution >= 0.6 is 0 Å². The Kier molecular flexibility index (Phi) is 5.80. The minimum Gasteiger partial charge on any atom is -0.465 e. The molecule has 1 atom stereocenters. The van der Waals surface area contributed by atoms with Crippen molar-refractivity contribution in [2.24, 2.45) is 11.8 Å². The van der Waals surface area contributed by atoms with Gasteiger partial charge in [0, 0.05) is 19.0 Å². The third-order valence-electron chi connectivity index (χ3n) is 4.26. The second kappa shape index (κ2) is 7.61. The molecule has 2 aliphatic rings. The maximum absolute atomic E-state index is 12.6. The molecular weight excluding hydrogens is 284 g/mol. The van der Waals surface area contributed by atoms with Crippen molar-refractivity contribution in [1.82, 2.24) is 10.2 Å². The first-order chi connectivity index (χ1) is 10.5. The van der Waals surface area contributed by atoms with E-state index in [4.69, 9.17) is 4.74 Å². The van der Waals surface area contributed by atoms with Crippen LogP contribution in [-0.2, 0) is 19.1 Å². The molecule has 6 nitrogen and oxygen atoms in total. The molecule has 0 spiro atoms. The van der Waals surface area contributed by atoms with Crippen LogP contribution in [0.25, 0.3) is 0 Å². The Balaban J connectivity index is 1.98. The number of hydrogen-bond acceptors (Lipinski definition) is 4. The van der Waals surface area contributed by atoms with Gasteiger partial charge in [0.2, 0.25) is 11.8 Å². The van der Waals surface area contributed by atoms with Gasteiger partial charge in [-0.3, -0.25) is 14.4 Å². The third-order valence-corrected chi connectivity index (χ3v) is 4.26. The van der Waals surface area contributed by atoms with Crippen LogP contribution in [0.1, 0.15) is 46.0 Å². The molecule has 0 aromatic carbocycles. The molecule has 1 saturated carbocycles. The monoisotopic (exact) mass is 310 g/mol. The number of amides is 2. The molecule has 0 aromatic rings. The maximum Gasteiger partial charge on any atom is 0.308 e. The van der Waals surface area contributed by atoms with Crippen LogP contribution in [0, 0.1) is 11.8 Å². The lowest BCUT2D eigenvalue weighted by molar-refractivity contribution is -0.153. The molecule has 1 aliphatic carbocycles. The third kappa shape index (κ3) is 4.21. The van der Waals surface area contributed by atoms with Crippen molar-refractivity contribution in [2.75, 3.05) is 19.7 Å². The van der Waals surface area contributed by atoms with Gasteiger partial charge in [0.1, 0.15) is 6.04 Å². The standard InChI is InChI=1S/C16H26N2O4/c1-11(2)10-22-14(19)9-13-15(20)17-7-8-18(13)16(21)12-5-3-4-6-12/h11-13H,3-10H2,1-2H3,(H,17,20). The molecule has 0 aromatic heterocycles. The number of ether oxygens (including phenoxy) is 1. The average molecular weight is 310 g/mol. The quantitative estimate of drug-likeness (QED) is 0.771. The Morgan fingerprint density at radius 2 is 2.00 bits per heavy atom. The summed E-state index contributed by atoms with van der Waals surface area (Å²) in [6.07, 6.45) is 3.86. The molecule has 6 heteroatoms. The van der Waals surface area contributed by atoms with E-state index in [0.29, 0.717) is 19.7 Å². The Bertz CT molecular complexity index is 430. The van der Waals surface area contributed by atoms with E-state index < -0.39 is 12.0 Å². The Hall–Kier alpha value is -1.59. The van der Waals surface area contributed by atoms with Gasteiger partial charge in [0.25, 0.3) is 0 Å². The second-order valence-electron chi connectivity index (χ2n) is 6.60. The van der Waals surface area contributed by atoms with Crippen molar-refractivity contribution < 1.29 is 19.1 Å². The zero-order valence-electron chi connectivity index (χ0n) is 13.5. The van der Waals surface area contributed by atoms with E-state index >= 15 is 0 Å². The summed E-state index contributed by atoms with van der Waals surface area (Å²) in [6, 6.07) is -0.721. The molecule has 1 unspecified atom stereocenters. The average Bonchev–Trinajstić information content (AvgIpc) is 3.00. The largest absolute Gasteiger partial charge is 0.465 e. The van der Waals surface area contributed by atoms with Gasteiger partial charge in [0.15, 0.2) is 0 Å². The molecule has 2 rings (SSSR count). The van der Waals surface area contributed by atoms with E-state index in [1.807, 2.05) is 13.8 Å². The molecule has 124 valence electrons. The number of nitrogens with one attached hydrogen (secondary N) is 1. The molecule has 2 amide bonds. The van der Waals surface area contributed by atoms with Gasteiger partial charge in [-0.2, -0.15) is 0 Å². The van der Waals surface area contributed by atoms with Crippen molar-refractivity contribution in [3.8, 4) is 0 Å². The fraction of sp³-hybridized carbons (Fsp3) is 0.812. The van der Waals surface area contributed by atoms with Gasteiger partial charge in [0.05, 0.1) is 13.0 Å². The summed E-state index contributed by atoms with van der Waals surface area (Å²) in [6.45, 7) is 5.18. The molecule has 22 heavy (non-hydrogen) atoms. The highest BCUT2D eigenvalue weighted by Crippen LogP contribution is 2.28. The van der Waals surface area contributed by atoms with Crippen LogP contribution < -0.4 is 5.32 Å². The Morgan fingerprint density at radius 1 is 1.32 bits per heavy atom. The Morgan fingerprint density at radius 3 is 2.64 bits per heavy atom. The number of piperazine rings is 1. The van der Waals surface area contributed by atoms with Gasteiger partial charge in [-0.15, -0.1) is 0 Å². The topological polar surface area (TPSA) is 75.7 Å². The summed E-state index contributed by atoms with van der Waals surface area (Å²) in [7, 11) is 0. The van der Waals surface area contributed by atoms with Crippen molar-refractivity contribution in [3.05, 3.63) is 0 Å². The SMILES string of the molecule is CC(C)COC(=O)CC1C(=O)NCCN1C(=O)C1CCCC1. The summed E-state index contributed by atoms with van der Waals surface area (Å²) in [5, 5.41) is 2.74. The highest BCUT2D eigenvalue weighted by molar-refractivity contribution is 5.92. The van der Waals surface area contributed by atoms with E-state index in [0.717, 1.165) is 25.7 Å². The first-order valence-electron chi connectivity index (χ1n) is 8.23. The smallest absolute Gasteiger partial charge is 0.308 e. The number of hydrogen-bond donors (Lipinski definition) is 1. The van der Waals surface area contributed by atoms with Crippen molar-refractivity contribution in [1.29, 1.82) is 0 Å². The molecule has 1 aliphatic heterocycles. The van der Waals surface area contributed by atoms with E-state index in [1.165, 1.54) is 0 Å². The predicted octanol–water partition coefficient (Wildman–Crippen LogP) is 1.09. The highest BCUT2D eigenvalue weighted by atomic mass is 16.5. The predicted molar refractivity (Wildman–Crippen MR) is 80.9 cm³/mol. The van der Waals surface area contributed by atoms with E-state index in [-0.39, 0.29) is 30.1 Å². The molecule has 2 fully saturated rings. The summed E-state index contributed by atoms with van der Waals surface area (Å²) >= 11 is 0. The van der Waals surface area contributed by atoms with Crippen molar-refractivity contribution >= 4 is 17.8 Å². The highest BCUT2D eigenvalue weighted by Gasteiger charge is 2.38. The van der Waals surface area contributed by atoms with Crippen LogP contribution in [0.4, 0.5) is 0 Å². The normalized spacial score (nSPS) is 22.8. The lowest BCUT2D eigenvalue weighted by atomic mass is 10.0. The summed E-state index contributed by atoms with van der Waals surface area (Å²) in [4.78, 5) is 38.2. The van der Waals surface area contributed by atoms with Crippen molar-refractivity contribution in [2.45, 2.75) is 52.0 Å². The van der Waals surface area contributed by atoms with E-state index in [9.17, 15) is 14.4 Å². The van der Waals surface area contributed by atoms with Gasteiger partial charge < -0.3 is 15.0 Å². The lowest BCUT2D eigenvalue weighted by Crippen LogP contribution is -2.58. The second-order valence-corrected chi connectivity index (χ2v) is 6.60. The number of rotatable bonds is 5. The van der Waals surface area contributed by atoms with Gasteiger partial charge in [-0.25, -0.2) is 0 Å². The van der Waals surface area contributed by atoms with Crippen LogP contribution in [0.2, 0.25) is 0 Å². The number of carbonyl (C=O) groups excluding carboxylic acids is 3. The molecule has 1 saturated heterocycles. The fourth-order valence-corrected chi connectivity index (χ4v) is 3.07. The molecular formula is C16H26N2O4. The number of esters is 1. The number of nitrogens with zero attached hydrogens (tertiary/aromatic N) is 1. The van der Waals surface area contributed by atoms with Crippen molar-refractivity contribution in [3.63, 3.8) is 0 Å². The minimum absolute atomic E-state index is 0.0140. The van der Waals surface area contributed by atoms with Crippen LogP contribution in [0.5, 0.6) is 0 Å². The Labute approximate surface area is 131 Å². The summed E-state index contributed by atoms with van der Waals surface area (Å²) in [5.41, 5.74) is 0. The molecule has 0 radical (unpaired) electrons. The molecule has 1 heterocycles. The molecule has 1 N–H and O–H groups in total. The first kappa shape index (κ1) is 16.8. The fourth-order valence-electron chi connectivity index (χ4n) is 3.07. The zero-order valence-corrected chi connectivity index (χ0v) is 13.5. The van der Waals surface area contributed by atoms with Crippen LogP contribution in [0.3, 0.4) is 0 Å². The lowest BCUT2D eigenvalue weighted by Gasteiger charge is -2.36.